The molecule has 4 rings (SSSR count). The quantitative estimate of drug-likeness (QED) is 0.526. The molecule has 1 saturated heterocycles. The molecule has 0 bridgehead atoms. The number of carbonyl (C=O) groups excluding carboxylic acids is 1. The minimum absolute atomic E-state index is 0.0250. The highest BCUT2D eigenvalue weighted by Gasteiger charge is 2.31. The Morgan fingerprint density at radius 3 is 2.28 bits per heavy atom. The molecule has 0 aromatic heterocycles. The van der Waals surface area contributed by atoms with Gasteiger partial charge in [0.25, 0.3) is 0 Å². The zero-order valence-electron chi connectivity index (χ0n) is 19.0. The zero-order valence-corrected chi connectivity index (χ0v) is 19.0. The first-order valence-electron chi connectivity index (χ1n) is 11.4. The summed E-state index contributed by atoms with van der Waals surface area (Å²) in [6.45, 7) is 7.67. The van der Waals surface area contributed by atoms with Crippen molar-refractivity contribution in [1.82, 2.24) is 4.90 Å². The molecule has 1 saturated carbocycles. The van der Waals surface area contributed by atoms with E-state index in [4.69, 9.17) is 9.47 Å². The van der Waals surface area contributed by atoms with Crippen molar-refractivity contribution in [2.45, 2.75) is 70.6 Å². The van der Waals surface area contributed by atoms with Gasteiger partial charge in [-0.2, -0.15) is 0 Å². The van der Waals surface area contributed by atoms with Crippen LogP contribution in [0.4, 0.5) is 8.78 Å². The summed E-state index contributed by atoms with van der Waals surface area (Å²) in [5.74, 6) is -0.328. The maximum atomic E-state index is 14.9. The minimum Gasteiger partial charge on any atom is -0.490 e. The Kier molecular flexibility index (Phi) is 6.52. The molecule has 0 N–H and O–H groups in total. The molecule has 172 valence electrons. The van der Waals surface area contributed by atoms with Crippen LogP contribution in [0.3, 0.4) is 0 Å². The van der Waals surface area contributed by atoms with Gasteiger partial charge in [0.15, 0.2) is 0 Å². The standard InChI is InChI=1S/C26H31F2NO3/c1-26(2,3)32-25(30)23-15-22(17-4-5-17)18(14-24(23)28)16-29-12-10-21(11-13-29)31-20-8-6-19(27)7-9-20/h6-9,14-15,17,21H,4-5,10-13,16H2,1-3H3. The molecule has 2 fully saturated rings. The van der Waals surface area contributed by atoms with Gasteiger partial charge < -0.3 is 9.47 Å². The van der Waals surface area contributed by atoms with Crippen molar-refractivity contribution in [1.29, 1.82) is 0 Å². The van der Waals surface area contributed by atoms with Gasteiger partial charge in [-0.3, -0.25) is 4.90 Å². The highest BCUT2D eigenvalue weighted by atomic mass is 19.1. The van der Waals surface area contributed by atoms with E-state index in [0.717, 1.165) is 49.9 Å². The lowest BCUT2D eigenvalue weighted by atomic mass is 9.97. The van der Waals surface area contributed by atoms with Crippen molar-refractivity contribution in [2.24, 2.45) is 0 Å². The van der Waals surface area contributed by atoms with Crippen molar-refractivity contribution in [2.75, 3.05) is 13.1 Å². The number of hydrogen-bond acceptors (Lipinski definition) is 4. The maximum absolute atomic E-state index is 14.9. The van der Waals surface area contributed by atoms with Crippen LogP contribution >= 0.6 is 0 Å². The van der Waals surface area contributed by atoms with Gasteiger partial charge in [-0.15, -0.1) is 0 Å². The maximum Gasteiger partial charge on any atom is 0.341 e. The Bertz CT molecular complexity index is 956. The Balaban J connectivity index is 1.40. The SMILES string of the molecule is CC(C)(C)OC(=O)c1cc(C2CC2)c(CN2CCC(Oc3ccc(F)cc3)CC2)cc1F. The van der Waals surface area contributed by atoms with E-state index in [0.29, 0.717) is 18.2 Å². The van der Waals surface area contributed by atoms with Gasteiger partial charge in [-0.1, -0.05) is 0 Å². The molecule has 1 aliphatic heterocycles. The summed E-state index contributed by atoms with van der Waals surface area (Å²) in [5, 5.41) is 0. The molecule has 1 heterocycles. The molecule has 2 aliphatic rings. The Morgan fingerprint density at radius 2 is 1.69 bits per heavy atom. The second-order valence-corrected chi connectivity index (χ2v) is 9.85. The van der Waals surface area contributed by atoms with Crippen molar-refractivity contribution in [3.63, 3.8) is 0 Å². The summed E-state index contributed by atoms with van der Waals surface area (Å²) in [6, 6.07) is 9.34. The van der Waals surface area contributed by atoms with Crippen LogP contribution in [-0.2, 0) is 11.3 Å². The summed E-state index contributed by atoms with van der Waals surface area (Å²) < 4.78 is 39.3. The summed E-state index contributed by atoms with van der Waals surface area (Å²) in [7, 11) is 0. The predicted octanol–water partition coefficient (Wildman–Crippen LogP) is 5.84. The minimum atomic E-state index is -0.664. The molecule has 0 amide bonds. The molecular weight excluding hydrogens is 412 g/mol. The van der Waals surface area contributed by atoms with Gasteiger partial charge in [0.2, 0.25) is 0 Å². The summed E-state index contributed by atoms with van der Waals surface area (Å²) in [4.78, 5) is 14.8. The van der Waals surface area contributed by atoms with E-state index in [1.165, 1.54) is 18.2 Å². The summed E-state index contributed by atoms with van der Waals surface area (Å²) >= 11 is 0. The van der Waals surface area contributed by atoms with Crippen LogP contribution in [0.2, 0.25) is 0 Å². The first-order chi connectivity index (χ1) is 15.2. The van der Waals surface area contributed by atoms with Crippen LogP contribution in [0.5, 0.6) is 5.75 Å². The van der Waals surface area contributed by atoms with E-state index in [9.17, 15) is 13.6 Å². The van der Waals surface area contributed by atoms with E-state index in [1.807, 2.05) is 0 Å². The lowest BCUT2D eigenvalue weighted by Crippen LogP contribution is -2.38. The number of benzene rings is 2. The van der Waals surface area contributed by atoms with Crippen LogP contribution in [0, 0.1) is 11.6 Å². The Morgan fingerprint density at radius 1 is 1.03 bits per heavy atom. The number of carbonyl (C=O) groups is 1. The first kappa shape index (κ1) is 22.7. The number of hydrogen-bond donors (Lipinski definition) is 0. The van der Waals surface area contributed by atoms with Crippen LogP contribution in [0.15, 0.2) is 36.4 Å². The van der Waals surface area contributed by atoms with E-state index in [2.05, 4.69) is 4.90 Å². The number of rotatable bonds is 6. The lowest BCUT2D eigenvalue weighted by Gasteiger charge is -2.32. The summed E-state index contributed by atoms with van der Waals surface area (Å²) in [6.07, 6.45) is 3.94. The smallest absolute Gasteiger partial charge is 0.341 e. The van der Waals surface area contributed by atoms with Crippen LogP contribution in [-0.4, -0.2) is 35.7 Å². The van der Waals surface area contributed by atoms with Crippen LogP contribution < -0.4 is 4.74 Å². The van der Waals surface area contributed by atoms with Crippen LogP contribution in [0.25, 0.3) is 0 Å². The van der Waals surface area contributed by atoms with Crippen LogP contribution in [0.1, 0.15) is 73.9 Å². The molecule has 2 aromatic rings. The molecule has 1 aliphatic carbocycles. The number of nitrogens with zero attached hydrogens (tertiary/aromatic N) is 1. The van der Waals surface area contributed by atoms with E-state index in [-0.39, 0.29) is 17.5 Å². The fourth-order valence-corrected chi connectivity index (χ4v) is 4.16. The van der Waals surface area contributed by atoms with Crippen molar-refractivity contribution < 1.29 is 23.0 Å². The summed E-state index contributed by atoms with van der Waals surface area (Å²) in [5.41, 5.74) is 1.38. The van der Waals surface area contributed by atoms with E-state index < -0.39 is 17.4 Å². The van der Waals surface area contributed by atoms with E-state index >= 15 is 0 Å². The topological polar surface area (TPSA) is 38.8 Å². The monoisotopic (exact) mass is 443 g/mol. The average molecular weight is 444 g/mol. The van der Waals surface area contributed by atoms with Gasteiger partial charge in [0, 0.05) is 19.6 Å². The van der Waals surface area contributed by atoms with Gasteiger partial charge in [0.1, 0.15) is 29.1 Å². The lowest BCUT2D eigenvalue weighted by molar-refractivity contribution is 0.00644. The largest absolute Gasteiger partial charge is 0.490 e. The molecule has 2 aromatic carbocycles. The second kappa shape index (κ2) is 9.18. The first-order valence-corrected chi connectivity index (χ1v) is 11.4. The third-order valence-electron chi connectivity index (χ3n) is 5.91. The zero-order chi connectivity index (χ0) is 22.9. The second-order valence-electron chi connectivity index (χ2n) is 9.85. The normalized spacial score (nSPS) is 17.9. The number of likely N-dealkylation sites (tertiary alicyclic amines) is 1. The van der Waals surface area contributed by atoms with Gasteiger partial charge in [-0.25, -0.2) is 13.6 Å². The fraction of sp³-hybridized carbons (Fsp3) is 0.500. The molecule has 0 unspecified atom stereocenters. The van der Waals surface area contributed by atoms with E-state index in [1.54, 1.807) is 39.0 Å². The average Bonchev–Trinajstić information content (AvgIpc) is 3.55. The highest BCUT2D eigenvalue weighted by Crippen LogP contribution is 2.43. The number of halogens is 2. The van der Waals surface area contributed by atoms with Gasteiger partial charge >= 0.3 is 5.97 Å². The molecule has 0 spiro atoms. The van der Waals surface area contributed by atoms with Crippen molar-refractivity contribution >= 4 is 5.97 Å². The molecule has 4 nitrogen and oxygen atoms in total. The van der Waals surface area contributed by atoms with Crippen molar-refractivity contribution in [3.05, 3.63) is 64.7 Å². The molecular formula is C26H31F2NO3. The molecule has 0 atom stereocenters. The van der Waals surface area contributed by atoms with Gasteiger partial charge in [0.05, 0.1) is 5.56 Å². The highest BCUT2D eigenvalue weighted by molar-refractivity contribution is 5.90. The molecule has 6 heteroatoms. The number of ether oxygens (including phenoxy) is 2. The third-order valence-corrected chi connectivity index (χ3v) is 5.91. The Hall–Kier alpha value is -2.47. The number of esters is 1. The predicted molar refractivity (Wildman–Crippen MR) is 119 cm³/mol. The molecule has 0 radical (unpaired) electrons. The third kappa shape index (κ3) is 5.85. The number of piperidine rings is 1. The fourth-order valence-electron chi connectivity index (χ4n) is 4.16. The molecule has 32 heavy (non-hydrogen) atoms. The van der Waals surface area contributed by atoms with Crippen molar-refractivity contribution in [3.8, 4) is 5.75 Å². The van der Waals surface area contributed by atoms with Gasteiger partial charge in [-0.05, 0) is 99.9 Å². The Labute approximate surface area is 188 Å².